The molecule has 0 bridgehead atoms. The molecule has 4 heteroatoms. The lowest BCUT2D eigenvalue weighted by Gasteiger charge is -2.15. The first-order valence-corrected chi connectivity index (χ1v) is 5.74. The fraction of sp³-hybridized carbons (Fsp3) is 0.750. The van der Waals surface area contributed by atoms with E-state index in [1.54, 1.807) is 27.7 Å². The maximum atomic E-state index is 11.6. The largest absolute Gasteiger partial charge is 0.283 e. The molecule has 0 saturated heterocycles. The standard InChI is InChI=1S/C8H17NO2S/c1-6(2)8(10)9-12(5,11)7(3)4/h6-7H,5H2,1-4H3,(H,9,10,11). The molecular weight excluding hydrogens is 174 g/mol. The van der Waals surface area contributed by atoms with Crippen molar-refractivity contribution in [2.24, 2.45) is 5.92 Å². The van der Waals surface area contributed by atoms with Gasteiger partial charge in [0, 0.05) is 20.9 Å². The zero-order valence-electron chi connectivity index (χ0n) is 8.09. The van der Waals surface area contributed by atoms with Crippen molar-refractivity contribution in [1.82, 2.24) is 4.72 Å². The third-order valence-corrected chi connectivity index (χ3v) is 3.63. The molecule has 72 valence electrons. The minimum absolute atomic E-state index is 0.125. The average molecular weight is 191 g/mol. The van der Waals surface area contributed by atoms with Crippen LogP contribution in [-0.2, 0) is 14.5 Å². The Balaban J connectivity index is 4.38. The van der Waals surface area contributed by atoms with Gasteiger partial charge in [0.1, 0.15) is 0 Å². The Morgan fingerprint density at radius 3 is 2.00 bits per heavy atom. The van der Waals surface area contributed by atoms with Crippen molar-refractivity contribution in [2.45, 2.75) is 32.9 Å². The molecule has 1 unspecified atom stereocenters. The van der Waals surface area contributed by atoms with E-state index in [0.29, 0.717) is 0 Å². The second kappa shape index (κ2) is 3.94. The summed E-state index contributed by atoms with van der Waals surface area (Å²) in [5.74, 6) is 3.14. The highest BCUT2D eigenvalue weighted by Crippen LogP contribution is 1.99. The summed E-state index contributed by atoms with van der Waals surface area (Å²) < 4.78 is 14.0. The van der Waals surface area contributed by atoms with Gasteiger partial charge >= 0.3 is 0 Å². The highest BCUT2D eigenvalue weighted by molar-refractivity contribution is 7.99. The summed E-state index contributed by atoms with van der Waals surface area (Å²) in [6, 6.07) is 0. The molecule has 1 amide bonds. The Hall–Kier alpha value is -0.510. The first kappa shape index (κ1) is 11.5. The van der Waals surface area contributed by atoms with E-state index in [2.05, 4.69) is 10.6 Å². The van der Waals surface area contributed by atoms with Crippen molar-refractivity contribution in [2.75, 3.05) is 0 Å². The van der Waals surface area contributed by atoms with Crippen LogP contribution in [0.5, 0.6) is 0 Å². The molecule has 1 atom stereocenters. The molecule has 0 aromatic rings. The Morgan fingerprint density at radius 2 is 1.75 bits per heavy atom. The summed E-state index contributed by atoms with van der Waals surface area (Å²) in [4.78, 5) is 11.1. The van der Waals surface area contributed by atoms with Crippen molar-refractivity contribution >= 4 is 21.5 Å². The van der Waals surface area contributed by atoms with E-state index in [9.17, 15) is 9.00 Å². The maximum absolute atomic E-state index is 11.6. The van der Waals surface area contributed by atoms with Crippen molar-refractivity contribution in [3.63, 3.8) is 0 Å². The van der Waals surface area contributed by atoms with Gasteiger partial charge in [-0.3, -0.25) is 9.52 Å². The fourth-order valence-corrected chi connectivity index (χ4v) is 1.22. The third kappa shape index (κ3) is 3.26. The molecule has 0 aromatic heterocycles. The Bertz CT molecular complexity index is 252. The Morgan fingerprint density at radius 1 is 1.33 bits per heavy atom. The Labute approximate surface area is 74.7 Å². The van der Waals surface area contributed by atoms with Gasteiger partial charge in [-0.1, -0.05) is 13.8 Å². The highest BCUT2D eigenvalue weighted by Gasteiger charge is 2.14. The van der Waals surface area contributed by atoms with Crippen LogP contribution < -0.4 is 4.72 Å². The van der Waals surface area contributed by atoms with Crippen LogP contribution in [0, 0.1) is 5.92 Å². The zero-order chi connectivity index (χ0) is 9.94. The van der Waals surface area contributed by atoms with Gasteiger partial charge in [0.05, 0.1) is 0 Å². The lowest BCUT2D eigenvalue weighted by Crippen LogP contribution is -2.37. The summed E-state index contributed by atoms with van der Waals surface area (Å²) in [6.07, 6.45) is 0. The van der Waals surface area contributed by atoms with Crippen LogP contribution >= 0.6 is 0 Å². The van der Waals surface area contributed by atoms with E-state index in [-0.39, 0.29) is 17.1 Å². The van der Waals surface area contributed by atoms with Crippen molar-refractivity contribution in [3.8, 4) is 0 Å². The molecule has 0 aromatic carbocycles. The smallest absolute Gasteiger partial charge is 0.233 e. The number of carbonyl (C=O) groups is 1. The maximum Gasteiger partial charge on any atom is 0.233 e. The molecule has 0 heterocycles. The number of hydrogen-bond acceptors (Lipinski definition) is 2. The molecule has 12 heavy (non-hydrogen) atoms. The van der Waals surface area contributed by atoms with Gasteiger partial charge in [-0.25, -0.2) is 4.21 Å². The molecule has 0 spiro atoms. The second-order valence-corrected chi connectivity index (χ2v) is 6.00. The second-order valence-electron chi connectivity index (χ2n) is 3.40. The molecule has 3 nitrogen and oxygen atoms in total. The minimum Gasteiger partial charge on any atom is -0.283 e. The molecule has 1 N–H and O–H groups in total. The lowest BCUT2D eigenvalue weighted by molar-refractivity contribution is -0.122. The molecular formula is C8H17NO2S. The first-order chi connectivity index (χ1) is 5.27. The summed E-state index contributed by atoms with van der Waals surface area (Å²) in [5, 5.41) is -0.125. The summed E-state index contributed by atoms with van der Waals surface area (Å²) >= 11 is 0. The quantitative estimate of drug-likeness (QED) is 0.671. The van der Waals surface area contributed by atoms with Crippen LogP contribution in [0.3, 0.4) is 0 Å². The van der Waals surface area contributed by atoms with Crippen LogP contribution in [-0.4, -0.2) is 21.2 Å². The number of nitrogens with one attached hydrogen (secondary N) is 1. The topological polar surface area (TPSA) is 46.2 Å². The van der Waals surface area contributed by atoms with E-state index in [0.717, 1.165) is 0 Å². The summed E-state index contributed by atoms with van der Waals surface area (Å²) in [5.41, 5.74) is 0. The normalized spacial score (nSPS) is 16.2. The van der Waals surface area contributed by atoms with Crippen LogP contribution in [0.25, 0.3) is 0 Å². The Kier molecular flexibility index (Phi) is 3.77. The van der Waals surface area contributed by atoms with Crippen molar-refractivity contribution in [3.05, 3.63) is 0 Å². The third-order valence-electron chi connectivity index (χ3n) is 1.56. The highest BCUT2D eigenvalue weighted by atomic mass is 32.2. The average Bonchev–Trinajstić information content (AvgIpc) is 1.85. The van der Waals surface area contributed by atoms with E-state index in [1.165, 1.54) is 0 Å². The van der Waals surface area contributed by atoms with E-state index >= 15 is 0 Å². The van der Waals surface area contributed by atoms with Crippen LogP contribution in [0.2, 0.25) is 0 Å². The predicted octanol–water partition coefficient (Wildman–Crippen LogP) is 0.798. The summed E-state index contributed by atoms with van der Waals surface area (Å²) in [7, 11) is -2.44. The minimum atomic E-state index is -2.44. The molecule has 0 fully saturated rings. The van der Waals surface area contributed by atoms with E-state index in [4.69, 9.17) is 0 Å². The number of amides is 1. The zero-order valence-corrected chi connectivity index (χ0v) is 8.90. The predicted molar refractivity (Wildman–Crippen MR) is 53.4 cm³/mol. The number of hydrogen-bond donors (Lipinski definition) is 1. The van der Waals surface area contributed by atoms with Gasteiger partial charge in [0.2, 0.25) is 5.91 Å². The van der Waals surface area contributed by atoms with Crippen LogP contribution in [0.1, 0.15) is 27.7 Å². The van der Waals surface area contributed by atoms with E-state index in [1.807, 2.05) is 0 Å². The number of carbonyl (C=O) groups excluding carboxylic acids is 1. The molecule has 0 aliphatic rings. The van der Waals surface area contributed by atoms with Gasteiger partial charge < -0.3 is 0 Å². The molecule has 0 aliphatic carbocycles. The van der Waals surface area contributed by atoms with Gasteiger partial charge in [-0.15, -0.1) is 0 Å². The van der Waals surface area contributed by atoms with Gasteiger partial charge in [-0.2, -0.15) is 0 Å². The SMILES string of the molecule is C=S(=O)(NC(=O)C(C)C)C(C)C. The van der Waals surface area contributed by atoms with Crippen LogP contribution in [0.15, 0.2) is 0 Å². The van der Waals surface area contributed by atoms with Gasteiger partial charge in [-0.05, 0) is 19.7 Å². The summed E-state index contributed by atoms with van der Waals surface area (Å²) in [6.45, 7) is 7.06. The first-order valence-electron chi connectivity index (χ1n) is 3.95. The fourth-order valence-electron chi connectivity index (χ4n) is 0.406. The van der Waals surface area contributed by atoms with Crippen molar-refractivity contribution in [1.29, 1.82) is 0 Å². The monoisotopic (exact) mass is 191 g/mol. The molecule has 0 rings (SSSR count). The molecule has 0 aliphatic heterocycles. The van der Waals surface area contributed by atoms with Gasteiger partial charge in [0.25, 0.3) is 0 Å². The molecule has 0 radical (unpaired) electrons. The van der Waals surface area contributed by atoms with Crippen molar-refractivity contribution < 1.29 is 9.00 Å². The number of rotatable bonds is 3. The lowest BCUT2D eigenvalue weighted by atomic mass is 10.2. The molecule has 0 saturated carbocycles. The van der Waals surface area contributed by atoms with Gasteiger partial charge in [0.15, 0.2) is 0 Å². The van der Waals surface area contributed by atoms with E-state index < -0.39 is 9.71 Å². The van der Waals surface area contributed by atoms with Crippen LogP contribution in [0.4, 0.5) is 0 Å².